The molecule has 0 N–H and O–H groups in total. The highest BCUT2D eigenvalue weighted by molar-refractivity contribution is 6.27. The number of nitrogens with zero attached hydrogens (tertiary/aromatic N) is 2. The first-order chi connectivity index (χ1) is 23.8. The van der Waals surface area contributed by atoms with E-state index in [2.05, 4.69) is 82.6 Å². The SMILES string of the molecule is c1cc(N(C2CCCCC2)C2CCCCC2)ccc1-c1ccc2ccc3c(N(C4CCCCC4)C4CCCCC4)ccc4ccc1c2c43. The van der Waals surface area contributed by atoms with E-state index < -0.39 is 0 Å². The van der Waals surface area contributed by atoms with Crippen molar-refractivity contribution in [1.82, 2.24) is 0 Å². The second-order valence-electron chi connectivity index (χ2n) is 16.1. The lowest BCUT2D eigenvalue weighted by atomic mass is 9.86. The summed E-state index contributed by atoms with van der Waals surface area (Å²) in [6.07, 6.45) is 27.7. The number of hydrogen-bond acceptors (Lipinski definition) is 2. The van der Waals surface area contributed by atoms with E-state index in [-0.39, 0.29) is 0 Å². The zero-order chi connectivity index (χ0) is 31.9. The smallest absolute Gasteiger partial charge is 0.0451 e. The molecule has 5 aromatic rings. The van der Waals surface area contributed by atoms with Gasteiger partial charge in [0.2, 0.25) is 0 Å². The van der Waals surface area contributed by atoms with Crippen molar-refractivity contribution in [3.63, 3.8) is 0 Å². The van der Waals surface area contributed by atoms with Gasteiger partial charge in [-0.3, -0.25) is 0 Å². The van der Waals surface area contributed by atoms with Crippen molar-refractivity contribution in [3.8, 4) is 11.1 Å². The summed E-state index contributed by atoms with van der Waals surface area (Å²) in [5.41, 5.74) is 5.71. The maximum atomic E-state index is 2.95. The summed E-state index contributed by atoms with van der Waals surface area (Å²) < 4.78 is 0. The van der Waals surface area contributed by atoms with Crippen LogP contribution >= 0.6 is 0 Å². The van der Waals surface area contributed by atoms with Gasteiger partial charge in [0.25, 0.3) is 0 Å². The van der Waals surface area contributed by atoms with Crippen LogP contribution in [0.5, 0.6) is 0 Å². The summed E-state index contributed by atoms with van der Waals surface area (Å²) >= 11 is 0. The van der Waals surface area contributed by atoms with Gasteiger partial charge in [-0.1, -0.05) is 132 Å². The first-order valence-corrected chi connectivity index (χ1v) is 20.2. The van der Waals surface area contributed by atoms with E-state index in [0.29, 0.717) is 12.1 Å². The van der Waals surface area contributed by atoms with Gasteiger partial charge in [0.1, 0.15) is 0 Å². The Hall–Kier alpha value is -3.26. The molecule has 2 heteroatoms. The van der Waals surface area contributed by atoms with Crippen LogP contribution in [0.3, 0.4) is 0 Å². The van der Waals surface area contributed by atoms with Crippen LogP contribution in [0.4, 0.5) is 11.4 Å². The Kier molecular flexibility index (Phi) is 8.70. The van der Waals surface area contributed by atoms with Crippen LogP contribution in [0.15, 0.2) is 72.8 Å². The maximum Gasteiger partial charge on any atom is 0.0451 e. The summed E-state index contributed by atoms with van der Waals surface area (Å²) in [6, 6.07) is 32.1. The molecule has 250 valence electrons. The second-order valence-corrected chi connectivity index (χ2v) is 16.1. The number of benzene rings is 5. The Morgan fingerprint density at radius 2 is 0.771 bits per heavy atom. The molecule has 4 fully saturated rings. The highest BCUT2D eigenvalue weighted by Gasteiger charge is 2.31. The quantitative estimate of drug-likeness (QED) is 0.164. The minimum Gasteiger partial charge on any atom is -0.366 e. The minimum absolute atomic E-state index is 0.691. The molecule has 48 heavy (non-hydrogen) atoms. The van der Waals surface area contributed by atoms with Gasteiger partial charge in [-0.05, 0) is 108 Å². The molecule has 0 atom stereocenters. The molecule has 5 aromatic carbocycles. The molecule has 4 aliphatic rings. The fraction of sp³-hybridized carbons (Fsp3) is 0.522. The monoisotopic (exact) mass is 636 g/mol. The molecule has 0 heterocycles. The van der Waals surface area contributed by atoms with E-state index in [0.717, 1.165) is 12.1 Å². The molecule has 0 saturated heterocycles. The third kappa shape index (κ3) is 5.66. The van der Waals surface area contributed by atoms with Crippen molar-refractivity contribution < 1.29 is 0 Å². The standard InChI is InChI=1S/C46H56N2/c1-5-13-36(14-6-1)47(37-15-7-2-8-16-37)40-27-21-33(22-28-40)41-29-23-34-25-31-43-44(32-26-35-24-30-42(41)45(34)46(35)43)48(38-17-9-3-10-18-38)39-19-11-4-12-20-39/h21-32,36-39H,1-20H2. The van der Waals surface area contributed by atoms with Gasteiger partial charge >= 0.3 is 0 Å². The van der Waals surface area contributed by atoms with E-state index in [9.17, 15) is 0 Å². The molecule has 0 unspecified atom stereocenters. The lowest BCUT2D eigenvalue weighted by Crippen LogP contribution is -2.45. The largest absolute Gasteiger partial charge is 0.366 e. The van der Waals surface area contributed by atoms with E-state index >= 15 is 0 Å². The number of anilines is 2. The molecule has 2 nitrogen and oxygen atoms in total. The Morgan fingerprint density at radius 3 is 1.29 bits per heavy atom. The van der Waals surface area contributed by atoms with Crippen molar-refractivity contribution in [1.29, 1.82) is 0 Å². The van der Waals surface area contributed by atoms with Gasteiger partial charge < -0.3 is 9.80 Å². The molecule has 0 radical (unpaired) electrons. The van der Waals surface area contributed by atoms with Crippen LogP contribution in [0.1, 0.15) is 128 Å². The van der Waals surface area contributed by atoms with E-state index in [1.165, 1.54) is 183 Å². The third-order valence-corrected chi connectivity index (χ3v) is 13.3. The molecule has 9 rings (SSSR count). The predicted molar refractivity (Wildman–Crippen MR) is 208 cm³/mol. The summed E-state index contributed by atoms with van der Waals surface area (Å²) in [5.74, 6) is 0. The fourth-order valence-corrected chi connectivity index (χ4v) is 10.9. The highest BCUT2D eigenvalue weighted by atomic mass is 15.2. The Balaban J connectivity index is 1.12. The molecule has 4 aliphatic carbocycles. The van der Waals surface area contributed by atoms with Crippen molar-refractivity contribution in [2.45, 2.75) is 153 Å². The molecule has 0 amide bonds. The first kappa shape index (κ1) is 30.8. The summed E-state index contributed by atoms with van der Waals surface area (Å²) in [5, 5.41) is 8.61. The Labute approximate surface area is 289 Å². The van der Waals surface area contributed by atoms with Crippen LogP contribution in [0.2, 0.25) is 0 Å². The molecular weight excluding hydrogens is 581 g/mol. The highest BCUT2D eigenvalue weighted by Crippen LogP contribution is 2.45. The normalized spacial score (nSPS) is 21.0. The molecule has 0 aromatic heterocycles. The third-order valence-electron chi connectivity index (χ3n) is 13.3. The average Bonchev–Trinajstić information content (AvgIpc) is 3.16. The molecule has 4 saturated carbocycles. The van der Waals surface area contributed by atoms with Gasteiger partial charge in [0.05, 0.1) is 0 Å². The predicted octanol–water partition coefficient (Wildman–Crippen LogP) is 13.2. The summed E-state index contributed by atoms with van der Waals surface area (Å²) in [6.45, 7) is 0. The number of hydrogen-bond donors (Lipinski definition) is 0. The van der Waals surface area contributed by atoms with E-state index in [1.54, 1.807) is 0 Å². The van der Waals surface area contributed by atoms with Crippen LogP contribution in [-0.4, -0.2) is 24.2 Å². The van der Waals surface area contributed by atoms with Crippen molar-refractivity contribution in [2.75, 3.05) is 9.80 Å². The van der Waals surface area contributed by atoms with Gasteiger partial charge in [-0.25, -0.2) is 0 Å². The number of rotatable bonds is 7. The zero-order valence-electron chi connectivity index (χ0n) is 29.3. The molecule has 0 bridgehead atoms. The minimum atomic E-state index is 0.691. The molecular formula is C46H56N2. The van der Waals surface area contributed by atoms with E-state index in [4.69, 9.17) is 0 Å². The Bertz CT molecular complexity index is 1780. The molecule has 0 spiro atoms. The van der Waals surface area contributed by atoms with Gasteiger partial charge in [-0.2, -0.15) is 0 Å². The average molecular weight is 637 g/mol. The Morgan fingerprint density at radius 1 is 0.354 bits per heavy atom. The van der Waals surface area contributed by atoms with Crippen LogP contribution < -0.4 is 9.80 Å². The summed E-state index contributed by atoms with van der Waals surface area (Å²) in [4.78, 5) is 5.84. The van der Waals surface area contributed by atoms with Gasteiger partial charge in [0, 0.05) is 40.9 Å². The van der Waals surface area contributed by atoms with Crippen LogP contribution in [0, 0.1) is 0 Å². The van der Waals surface area contributed by atoms with Gasteiger partial charge in [0.15, 0.2) is 0 Å². The lowest BCUT2D eigenvalue weighted by molar-refractivity contribution is 0.340. The van der Waals surface area contributed by atoms with Gasteiger partial charge in [-0.15, -0.1) is 0 Å². The zero-order valence-corrected chi connectivity index (χ0v) is 29.3. The summed E-state index contributed by atoms with van der Waals surface area (Å²) in [7, 11) is 0. The van der Waals surface area contributed by atoms with Crippen molar-refractivity contribution in [3.05, 3.63) is 72.8 Å². The maximum absolute atomic E-state index is 2.95. The molecule has 0 aliphatic heterocycles. The lowest BCUT2D eigenvalue weighted by Gasteiger charge is -2.44. The van der Waals surface area contributed by atoms with Crippen molar-refractivity contribution in [2.24, 2.45) is 0 Å². The first-order valence-electron chi connectivity index (χ1n) is 20.2. The topological polar surface area (TPSA) is 6.48 Å². The van der Waals surface area contributed by atoms with Crippen LogP contribution in [0.25, 0.3) is 43.4 Å². The van der Waals surface area contributed by atoms with E-state index in [1.807, 2.05) is 0 Å². The van der Waals surface area contributed by atoms with Crippen LogP contribution in [-0.2, 0) is 0 Å². The van der Waals surface area contributed by atoms with Crippen molar-refractivity contribution >= 4 is 43.7 Å². The second kappa shape index (κ2) is 13.6. The fourth-order valence-electron chi connectivity index (χ4n) is 10.9.